The molecule has 1 aromatic carbocycles. The van der Waals surface area contributed by atoms with Gasteiger partial charge in [-0.05, 0) is 49.2 Å². The SMILES string of the molecule is CCN(CC)CC(=O)Nc1cc(C(C)C)c(O)cc1C. The van der Waals surface area contributed by atoms with E-state index in [-0.39, 0.29) is 11.8 Å². The molecule has 1 rings (SSSR count). The largest absolute Gasteiger partial charge is 0.508 e. The molecule has 112 valence electrons. The number of rotatable bonds is 6. The highest BCUT2D eigenvalue weighted by atomic mass is 16.3. The fraction of sp³-hybridized carbons (Fsp3) is 0.562. The van der Waals surface area contributed by atoms with E-state index in [2.05, 4.69) is 10.2 Å². The minimum atomic E-state index is -0.0165. The molecule has 0 fully saturated rings. The Morgan fingerprint density at radius 2 is 1.90 bits per heavy atom. The lowest BCUT2D eigenvalue weighted by Crippen LogP contribution is -2.33. The molecule has 4 heteroatoms. The lowest BCUT2D eigenvalue weighted by atomic mass is 9.99. The number of phenols is 1. The predicted molar refractivity (Wildman–Crippen MR) is 83.4 cm³/mol. The highest BCUT2D eigenvalue weighted by molar-refractivity contribution is 5.93. The Hall–Kier alpha value is -1.55. The quantitative estimate of drug-likeness (QED) is 0.786. The van der Waals surface area contributed by atoms with Gasteiger partial charge >= 0.3 is 0 Å². The number of nitrogens with one attached hydrogen (secondary N) is 1. The second kappa shape index (κ2) is 7.29. The van der Waals surface area contributed by atoms with Crippen LogP contribution in [0.1, 0.15) is 44.7 Å². The number of anilines is 1. The van der Waals surface area contributed by atoms with E-state index in [9.17, 15) is 9.90 Å². The second-order valence-electron chi connectivity index (χ2n) is 5.39. The molecule has 0 aromatic heterocycles. The van der Waals surface area contributed by atoms with Crippen molar-refractivity contribution in [2.45, 2.75) is 40.5 Å². The zero-order valence-electron chi connectivity index (χ0n) is 13.2. The first-order valence-corrected chi connectivity index (χ1v) is 7.24. The van der Waals surface area contributed by atoms with Gasteiger partial charge in [-0.3, -0.25) is 9.69 Å². The number of amides is 1. The topological polar surface area (TPSA) is 52.6 Å². The third-order valence-electron chi connectivity index (χ3n) is 3.53. The Bertz CT molecular complexity index is 466. The third-order valence-corrected chi connectivity index (χ3v) is 3.53. The van der Waals surface area contributed by atoms with Crippen LogP contribution in [0.25, 0.3) is 0 Å². The maximum Gasteiger partial charge on any atom is 0.238 e. The molecule has 1 amide bonds. The van der Waals surface area contributed by atoms with Crippen LogP contribution in [0.2, 0.25) is 0 Å². The van der Waals surface area contributed by atoms with E-state index in [0.717, 1.165) is 29.9 Å². The summed E-state index contributed by atoms with van der Waals surface area (Å²) < 4.78 is 0. The summed E-state index contributed by atoms with van der Waals surface area (Å²) in [6, 6.07) is 3.58. The number of benzene rings is 1. The summed E-state index contributed by atoms with van der Waals surface area (Å²) >= 11 is 0. The van der Waals surface area contributed by atoms with Crippen molar-refractivity contribution >= 4 is 11.6 Å². The van der Waals surface area contributed by atoms with Crippen molar-refractivity contribution in [2.24, 2.45) is 0 Å². The van der Waals surface area contributed by atoms with Crippen LogP contribution in [0.3, 0.4) is 0 Å². The molecule has 0 aliphatic carbocycles. The molecular weight excluding hydrogens is 252 g/mol. The standard InChI is InChI=1S/C16H26N2O2/c1-6-18(7-2)10-16(20)17-14-9-13(11(3)4)15(19)8-12(14)5/h8-9,11,19H,6-7,10H2,1-5H3,(H,17,20). The lowest BCUT2D eigenvalue weighted by Gasteiger charge is -2.19. The first-order chi connectivity index (χ1) is 9.38. The number of phenolic OH excluding ortho intramolecular Hbond substituents is 1. The molecule has 4 nitrogen and oxygen atoms in total. The number of aryl methyl sites for hydroxylation is 1. The van der Waals surface area contributed by atoms with E-state index in [1.54, 1.807) is 6.07 Å². The van der Waals surface area contributed by atoms with Gasteiger partial charge in [0.2, 0.25) is 5.91 Å². The third kappa shape index (κ3) is 4.23. The maximum absolute atomic E-state index is 12.0. The van der Waals surface area contributed by atoms with E-state index in [1.807, 2.05) is 40.7 Å². The summed E-state index contributed by atoms with van der Waals surface area (Å²) in [5.41, 5.74) is 2.51. The van der Waals surface area contributed by atoms with Crippen molar-refractivity contribution in [3.8, 4) is 5.75 Å². The van der Waals surface area contributed by atoms with Crippen LogP contribution in [0.4, 0.5) is 5.69 Å². The smallest absolute Gasteiger partial charge is 0.238 e. The Morgan fingerprint density at radius 3 is 2.40 bits per heavy atom. The fourth-order valence-electron chi connectivity index (χ4n) is 2.15. The monoisotopic (exact) mass is 278 g/mol. The number of hydrogen-bond donors (Lipinski definition) is 2. The van der Waals surface area contributed by atoms with E-state index in [1.165, 1.54) is 0 Å². The Kier molecular flexibility index (Phi) is 6.02. The zero-order valence-corrected chi connectivity index (χ0v) is 13.2. The van der Waals surface area contributed by atoms with Gasteiger partial charge in [-0.1, -0.05) is 27.7 Å². The van der Waals surface area contributed by atoms with Crippen LogP contribution in [0.15, 0.2) is 12.1 Å². The van der Waals surface area contributed by atoms with Gasteiger partial charge in [0.1, 0.15) is 5.75 Å². The molecule has 0 atom stereocenters. The molecule has 0 saturated heterocycles. The molecule has 1 aromatic rings. The minimum absolute atomic E-state index is 0.0165. The summed E-state index contributed by atoms with van der Waals surface area (Å²) in [5.74, 6) is 0.491. The number of likely N-dealkylation sites (N-methyl/N-ethyl adjacent to an activating group) is 1. The summed E-state index contributed by atoms with van der Waals surface area (Å²) in [6.45, 7) is 12.1. The molecule has 0 saturated carbocycles. The van der Waals surface area contributed by atoms with Gasteiger partial charge in [-0.25, -0.2) is 0 Å². The summed E-state index contributed by atoms with van der Waals surface area (Å²) in [6.07, 6.45) is 0. The van der Waals surface area contributed by atoms with Crippen molar-refractivity contribution in [2.75, 3.05) is 25.0 Å². The van der Waals surface area contributed by atoms with Gasteiger partial charge < -0.3 is 10.4 Å². The number of aromatic hydroxyl groups is 1. The zero-order chi connectivity index (χ0) is 15.3. The Morgan fingerprint density at radius 1 is 1.30 bits per heavy atom. The van der Waals surface area contributed by atoms with Crippen LogP contribution in [-0.4, -0.2) is 35.5 Å². The molecule has 0 bridgehead atoms. The minimum Gasteiger partial charge on any atom is -0.508 e. The van der Waals surface area contributed by atoms with Gasteiger partial charge in [0, 0.05) is 5.69 Å². The van der Waals surface area contributed by atoms with Gasteiger partial charge in [0.05, 0.1) is 6.54 Å². The maximum atomic E-state index is 12.0. The Labute approximate surface area is 121 Å². The van der Waals surface area contributed by atoms with Gasteiger partial charge in [0.15, 0.2) is 0 Å². The molecule has 0 spiro atoms. The molecule has 0 aliphatic rings. The Balaban J connectivity index is 2.86. The van der Waals surface area contributed by atoms with Crippen molar-refractivity contribution in [1.82, 2.24) is 4.90 Å². The molecular formula is C16H26N2O2. The predicted octanol–water partition coefficient (Wildman–Crippen LogP) is 3.10. The number of carbonyl (C=O) groups is 1. The molecule has 0 heterocycles. The van der Waals surface area contributed by atoms with Crippen LogP contribution in [0, 0.1) is 6.92 Å². The van der Waals surface area contributed by atoms with Crippen LogP contribution < -0.4 is 5.32 Å². The average molecular weight is 278 g/mol. The molecule has 2 N–H and O–H groups in total. The van der Waals surface area contributed by atoms with Gasteiger partial charge in [0.25, 0.3) is 0 Å². The van der Waals surface area contributed by atoms with Crippen molar-refractivity contribution in [3.63, 3.8) is 0 Å². The number of hydrogen-bond acceptors (Lipinski definition) is 3. The summed E-state index contributed by atoms with van der Waals surface area (Å²) in [7, 11) is 0. The second-order valence-corrected chi connectivity index (χ2v) is 5.39. The first kappa shape index (κ1) is 16.5. The summed E-state index contributed by atoms with van der Waals surface area (Å²) in [5, 5.41) is 12.9. The van der Waals surface area contributed by atoms with E-state index < -0.39 is 0 Å². The average Bonchev–Trinajstić information content (AvgIpc) is 2.38. The molecule has 0 radical (unpaired) electrons. The van der Waals surface area contributed by atoms with E-state index in [4.69, 9.17) is 0 Å². The molecule has 0 unspecified atom stereocenters. The number of carbonyl (C=O) groups excluding carboxylic acids is 1. The molecule has 20 heavy (non-hydrogen) atoms. The first-order valence-electron chi connectivity index (χ1n) is 7.24. The normalized spacial score (nSPS) is 11.2. The van der Waals surface area contributed by atoms with Crippen molar-refractivity contribution in [3.05, 3.63) is 23.3 Å². The van der Waals surface area contributed by atoms with Crippen LogP contribution in [-0.2, 0) is 4.79 Å². The fourth-order valence-corrected chi connectivity index (χ4v) is 2.15. The van der Waals surface area contributed by atoms with E-state index in [0.29, 0.717) is 12.3 Å². The lowest BCUT2D eigenvalue weighted by molar-refractivity contribution is -0.117. The highest BCUT2D eigenvalue weighted by Gasteiger charge is 2.13. The van der Waals surface area contributed by atoms with Crippen LogP contribution >= 0.6 is 0 Å². The van der Waals surface area contributed by atoms with Crippen LogP contribution in [0.5, 0.6) is 5.75 Å². The van der Waals surface area contributed by atoms with Gasteiger partial charge in [-0.2, -0.15) is 0 Å². The van der Waals surface area contributed by atoms with Gasteiger partial charge in [-0.15, -0.1) is 0 Å². The van der Waals surface area contributed by atoms with Crippen molar-refractivity contribution in [1.29, 1.82) is 0 Å². The molecule has 0 aliphatic heterocycles. The highest BCUT2D eigenvalue weighted by Crippen LogP contribution is 2.31. The number of nitrogens with zero attached hydrogens (tertiary/aromatic N) is 1. The van der Waals surface area contributed by atoms with E-state index >= 15 is 0 Å². The van der Waals surface area contributed by atoms with Crippen molar-refractivity contribution < 1.29 is 9.90 Å². The summed E-state index contributed by atoms with van der Waals surface area (Å²) in [4.78, 5) is 14.1.